The smallest absolute Gasteiger partial charge is 0.410 e. The second-order valence-electron chi connectivity index (χ2n) is 9.80. The zero-order valence-corrected chi connectivity index (χ0v) is 20.1. The van der Waals surface area contributed by atoms with Gasteiger partial charge >= 0.3 is 6.09 Å². The molecule has 2 fully saturated rings. The first-order valence-corrected chi connectivity index (χ1v) is 12.5. The highest BCUT2D eigenvalue weighted by Gasteiger charge is 2.43. The van der Waals surface area contributed by atoms with Crippen molar-refractivity contribution < 1.29 is 14.3 Å². The van der Waals surface area contributed by atoms with E-state index in [1.54, 1.807) is 18.1 Å². The number of hydrogen-bond donors (Lipinski definition) is 1. The molecule has 2 aromatic heterocycles. The summed E-state index contributed by atoms with van der Waals surface area (Å²) in [7, 11) is 0. The van der Waals surface area contributed by atoms with Gasteiger partial charge in [0.05, 0.1) is 16.3 Å². The summed E-state index contributed by atoms with van der Waals surface area (Å²) in [6.45, 7) is 8.38. The maximum Gasteiger partial charge on any atom is 0.410 e. The Morgan fingerprint density at radius 2 is 2.00 bits per heavy atom. The normalized spacial score (nSPS) is 23.5. The van der Waals surface area contributed by atoms with Crippen molar-refractivity contribution in [3.05, 3.63) is 29.7 Å². The van der Waals surface area contributed by atoms with Crippen LogP contribution in [0.5, 0.6) is 0 Å². The van der Waals surface area contributed by atoms with Crippen LogP contribution in [0.25, 0.3) is 11.0 Å². The highest BCUT2D eigenvalue weighted by atomic mass is 32.2. The maximum atomic E-state index is 13.5. The van der Waals surface area contributed by atoms with E-state index in [4.69, 9.17) is 4.74 Å². The van der Waals surface area contributed by atoms with Crippen molar-refractivity contribution in [3.8, 4) is 0 Å². The molecule has 176 valence electrons. The first kappa shape index (κ1) is 22.1. The summed E-state index contributed by atoms with van der Waals surface area (Å²) in [6.07, 6.45) is 6.91. The summed E-state index contributed by atoms with van der Waals surface area (Å²) in [5.41, 5.74) is 0.253. The lowest BCUT2D eigenvalue weighted by molar-refractivity contribution is -0.128. The van der Waals surface area contributed by atoms with E-state index in [0.29, 0.717) is 23.9 Å². The zero-order chi connectivity index (χ0) is 23.2. The van der Waals surface area contributed by atoms with E-state index in [1.807, 2.05) is 53.9 Å². The Bertz CT molecular complexity index is 1090. The number of nitrogens with one attached hydrogen (secondary N) is 1. The summed E-state index contributed by atoms with van der Waals surface area (Å²) in [5.74, 6) is 2.06. The number of aromatic amines is 1. The molecule has 0 bridgehead atoms. The Morgan fingerprint density at radius 3 is 2.82 bits per heavy atom. The lowest BCUT2D eigenvalue weighted by Gasteiger charge is -2.39. The Balaban J connectivity index is 1.32. The predicted octanol–water partition coefficient (Wildman–Crippen LogP) is 3.21. The van der Waals surface area contributed by atoms with Gasteiger partial charge in [0.1, 0.15) is 23.4 Å². The zero-order valence-electron chi connectivity index (χ0n) is 19.3. The Morgan fingerprint density at radius 1 is 1.18 bits per heavy atom. The van der Waals surface area contributed by atoms with Crippen molar-refractivity contribution in [3.63, 3.8) is 0 Å². The van der Waals surface area contributed by atoms with Crippen LogP contribution in [0.4, 0.5) is 10.6 Å². The van der Waals surface area contributed by atoms with Crippen LogP contribution in [0.2, 0.25) is 0 Å². The topological polar surface area (TPSA) is 94.7 Å². The minimum atomic E-state index is -0.530. The third kappa shape index (κ3) is 4.40. The van der Waals surface area contributed by atoms with Crippen LogP contribution in [0.1, 0.15) is 33.6 Å². The standard InChI is InChI=1S/C23H30N6O3S/c1-23(2,3)32-22(31)29-9-6-15-5-8-28(12-17(15)29)21(30)18-13-27(10-11-33-18)20-16-4-7-24-19(16)25-14-26-20/h4,7,13-15,17H,5-6,8-12H2,1-3H3,(H,24,25,26). The van der Waals surface area contributed by atoms with Crippen LogP contribution in [0, 0.1) is 5.92 Å². The quantitative estimate of drug-likeness (QED) is 0.720. The highest BCUT2D eigenvalue weighted by Crippen LogP contribution is 2.35. The number of hydrogen-bond acceptors (Lipinski definition) is 7. The fourth-order valence-corrected chi connectivity index (χ4v) is 5.86. The summed E-state index contributed by atoms with van der Waals surface area (Å²) in [5, 5.41) is 0.937. The molecule has 2 saturated heterocycles. The molecule has 2 atom stereocenters. The molecule has 3 aliphatic heterocycles. The Kier molecular flexibility index (Phi) is 5.72. The number of anilines is 1. The number of likely N-dealkylation sites (tertiary alicyclic amines) is 2. The average Bonchev–Trinajstić information content (AvgIpc) is 3.44. The van der Waals surface area contributed by atoms with E-state index in [2.05, 4.69) is 15.0 Å². The molecule has 0 spiro atoms. The molecule has 2 aromatic rings. The van der Waals surface area contributed by atoms with Crippen LogP contribution in [-0.4, -0.2) is 80.3 Å². The molecule has 5 heterocycles. The van der Waals surface area contributed by atoms with E-state index in [0.717, 1.165) is 48.5 Å². The Hall–Kier alpha value is -2.75. The Labute approximate surface area is 197 Å². The van der Waals surface area contributed by atoms with E-state index >= 15 is 0 Å². The predicted molar refractivity (Wildman–Crippen MR) is 128 cm³/mol. The molecule has 33 heavy (non-hydrogen) atoms. The summed E-state index contributed by atoms with van der Waals surface area (Å²) in [4.78, 5) is 44.5. The summed E-state index contributed by atoms with van der Waals surface area (Å²) >= 11 is 1.58. The number of amides is 2. The van der Waals surface area contributed by atoms with Crippen LogP contribution >= 0.6 is 11.8 Å². The molecular formula is C23H30N6O3S. The molecular weight excluding hydrogens is 440 g/mol. The van der Waals surface area contributed by atoms with Crippen LogP contribution in [0.3, 0.4) is 0 Å². The number of carbonyl (C=O) groups excluding carboxylic acids is 2. The van der Waals surface area contributed by atoms with Crippen molar-refractivity contribution in [2.45, 2.75) is 45.3 Å². The van der Waals surface area contributed by atoms with Gasteiger partial charge in [0, 0.05) is 44.3 Å². The number of ether oxygens (including phenoxy) is 1. The molecule has 0 radical (unpaired) electrons. The van der Waals surface area contributed by atoms with Crippen molar-refractivity contribution in [2.24, 2.45) is 5.92 Å². The van der Waals surface area contributed by atoms with Crippen LogP contribution in [-0.2, 0) is 9.53 Å². The lowest BCUT2D eigenvalue weighted by atomic mass is 9.92. The van der Waals surface area contributed by atoms with E-state index in [-0.39, 0.29) is 18.0 Å². The number of nitrogens with zero attached hydrogens (tertiary/aromatic N) is 5. The van der Waals surface area contributed by atoms with Gasteiger partial charge in [0.2, 0.25) is 0 Å². The molecule has 0 aliphatic carbocycles. The molecule has 2 amide bonds. The van der Waals surface area contributed by atoms with Gasteiger partial charge in [-0.1, -0.05) is 0 Å². The van der Waals surface area contributed by atoms with Gasteiger partial charge in [-0.3, -0.25) is 4.79 Å². The molecule has 1 N–H and O–H groups in total. The number of carbonyl (C=O) groups is 2. The molecule has 0 saturated carbocycles. The van der Waals surface area contributed by atoms with Gasteiger partial charge in [0.15, 0.2) is 0 Å². The van der Waals surface area contributed by atoms with Gasteiger partial charge in [-0.2, -0.15) is 0 Å². The first-order chi connectivity index (χ1) is 15.8. The third-order valence-corrected chi connectivity index (χ3v) is 7.43. The van der Waals surface area contributed by atoms with Gasteiger partial charge in [-0.15, -0.1) is 11.8 Å². The number of aromatic nitrogens is 3. The van der Waals surface area contributed by atoms with E-state index in [9.17, 15) is 9.59 Å². The van der Waals surface area contributed by atoms with Gasteiger partial charge < -0.3 is 24.4 Å². The fourth-order valence-electron chi connectivity index (χ4n) is 4.90. The van der Waals surface area contributed by atoms with Crippen molar-refractivity contribution in [2.75, 3.05) is 36.8 Å². The number of thioether (sulfide) groups is 1. The first-order valence-electron chi connectivity index (χ1n) is 11.5. The minimum absolute atomic E-state index is 0.0178. The molecule has 0 aromatic carbocycles. The molecule has 9 nitrogen and oxygen atoms in total. The second-order valence-corrected chi connectivity index (χ2v) is 10.9. The number of H-pyrrole nitrogens is 1. The highest BCUT2D eigenvalue weighted by molar-refractivity contribution is 8.04. The van der Waals surface area contributed by atoms with Crippen LogP contribution in [0.15, 0.2) is 29.7 Å². The van der Waals surface area contributed by atoms with E-state index < -0.39 is 5.60 Å². The van der Waals surface area contributed by atoms with Gasteiger partial charge in [-0.05, 0) is 45.6 Å². The monoisotopic (exact) mass is 470 g/mol. The van der Waals surface area contributed by atoms with Crippen LogP contribution < -0.4 is 4.90 Å². The van der Waals surface area contributed by atoms with Gasteiger partial charge in [-0.25, -0.2) is 14.8 Å². The molecule has 3 aliphatic rings. The summed E-state index contributed by atoms with van der Waals surface area (Å²) in [6, 6.07) is 1.97. The molecule has 5 rings (SSSR count). The number of rotatable bonds is 2. The fraction of sp³-hybridized carbons (Fsp3) is 0.565. The molecule has 10 heteroatoms. The number of piperidine rings is 1. The van der Waals surface area contributed by atoms with Gasteiger partial charge in [0.25, 0.3) is 5.91 Å². The minimum Gasteiger partial charge on any atom is -0.444 e. The lowest BCUT2D eigenvalue weighted by Crippen LogP contribution is -2.52. The second kappa shape index (κ2) is 8.55. The summed E-state index contributed by atoms with van der Waals surface area (Å²) < 4.78 is 5.62. The third-order valence-electron chi connectivity index (χ3n) is 6.46. The van der Waals surface area contributed by atoms with Crippen molar-refractivity contribution in [1.29, 1.82) is 0 Å². The SMILES string of the molecule is CC(C)(C)OC(=O)N1CCC2CCN(C(=O)C3=CN(c4ncnc5[nH]ccc45)CCS3)CC21. The van der Waals surface area contributed by atoms with Crippen molar-refractivity contribution >= 4 is 40.6 Å². The number of fused-ring (bicyclic) bond motifs is 2. The maximum absolute atomic E-state index is 13.5. The van der Waals surface area contributed by atoms with E-state index in [1.165, 1.54) is 0 Å². The average molecular weight is 471 g/mol. The molecule has 2 unspecified atom stereocenters. The largest absolute Gasteiger partial charge is 0.444 e. The van der Waals surface area contributed by atoms with Crippen molar-refractivity contribution in [1.82, 2.24) is 24.8 Å².